The van der Waals surface area contributed by atoms with Crippen LogP contribution in [0.5, 0.6) is 5.75 Å². The van der Waals surface area contributed by atoms with Crippen LogP contribution in [0.3, 0.4) is 0 Å². The number of rotatable bonds is 2. The summed E-state index contributed by atoms with van der Waals surface area (Å²) in [7, 11) is 0. The molecule has 1 unspecified atom stereocenters. The zero-order chi connectivity index (χ0) is 11.5. The molecule has 88 valence electrons. The van der Waals surface area contributed by atoms with Crippen LogP contribution in [0, 0.1) is 0 Å². The molecule has 1 aliphatic rings. The summed E-state index contributed by atoms with van der Waals surface area (Å²) in [5, 5.41) is 10.0. The van der Waals surface area contributed by atoms with E-state index in [-0.39, 0.29) is 6.10 Å². The Hall–Kier alpha value is -1.02. The Kier molecular flexibility index (Phi) is 3.49. The zero-order valence-corrected chi connectivity index (χ0v) is 10.1. The number of hydrogen-bond acceptors (Lipinski definition) is 2. The molecule has 0 fully saturated rings. The minimum Gasteiger partial charge on any atom is -0.493 e. The van der Waals surface area contributed by atoms with Crippen molar-refractivity contribution >= 4 is 0 Å². The number of aliphatic hydroxyl groups is 1. The standard InChI is InChI=1S/C14H20O2/c1-3-10(2)11-6-7-14-12(9-11)13(15)5-4-8-16-14/h6-7,9-10,13,15H,3-5,8H2,1-2H3/t10?,13-/m0/s1. The van der Waals surface area contributed by atoms with Crippen molar-refractivity contribution in [1.29, 1.82) is 0 Å². The van der Waals surface area contributed by atoms with Gasteiger partial charge in [-0.25, -0.2) is 0 Å². The molecule has 0 spiro atoms. The summed E-state index contributed by atoms with van der Waals surface area (Å²) in [5.41, 5.74) is 2.26. The van der Waals surface area contributed by atoms with E-state index in [0.29, 0.717) is 12.5 Å². The number of fused-ring (bicyclic) bond motifs is 1. The van der Waals surface area contributed by atoms with Crippen molar-refractivity contribution in [3.63, 3.8) is 0 Å². The van der Waals surface area contributed by atoms with Crippen LogP contribution in [0.4, 0.5) is 0 Å². The van der Waals surface area contributed by atoms with Gasteiger partial charge in [0.05, 0.1) is 12.7 Å². The first-order chi connectivity index (χ1) is 7.72. The van der Waals surface area contributed by atoms with Gasteiger partial charge >= 0.3 is 0 Å². The van der Waals surface area contributed by atoms with Crippen LogP contribution in [0.25, 0.3) is 0 Å². The highest BCUT2D eigenvalue weighted by molar-refractivity contribution is 5.40. The first kappa shape index (κ1) is 11.5. The van der Waals surface area contributed by atoms with Crippen molar-refractivity contribution in [3.05, 3.63) is 29.3 Å². The van der Waals surface area contributed by atoms with Crippen molar-refractivity contribution in [1.82, 2.24) is 0 Å². The van der Waals surface area contributed by atoms with Gasteiger partial charge in [-0.2, -0.15) is 0 Å². The topological polar surface area (TPSA) is 29.5 Å². The molecule has 1 heterocycles. The van der Waals surface area contributed by atoms with E-state index < -0.39 is 0 Å². The van der Waals surface area contributed by atoms with Crippen LogP contribution >= 0.6 is 0 Å². The van der Waals surface area contributed by atoms with Gasteiger partial charge in [0.2, 0.25) is 0 Å². The van der Waals surface area contributed by atoms with Crippen molar-refractivity contribution in [2.24, 2.45) is 0 Å². The molecule has 0 aliphatic carbocycles. The van der Waals surface area contributed by atoms with E-state index in [9.17, 15) is 5.11 Å². The molecule has 0 radical (unpaired) electrons. The molecule has 16 heavy (non-hydrogen) atoms. The largest absolute Gasteiger partial charge is 0.493 e. The average molecular weight is 220 g/mol. The number of aliphatic hydroxyl groups excluding tert-OH is 1. The molecule has 1 aliphatic heterocycles. The van der Waals surface area contributed by atoms with Crippen LogP contribution < -0.4 is 4.74 Å². The van der Waals surface area contributed by atoms with Gasteiger partial charge in [0, 0.05) is 5.56 Å². The Morgan fingerprint density at radius 2 is 2.31 bits per heavy atom. The molecular formula is C14H20O2. The maximum atomic E-state index is 10.0. The summed E-state index contributed by atoms with van der Waals surface area (Å²) < 4.78 is 5.63. The van der Waals surface area contributed by atoms with Gasteiger partial charge < -0.3 is 9.84 Å². The summed E-state index contributed by atoms with van der Waals surface area (Å²) in [6, 6.07) is 6.23. The fourth-order valence-electron chi connectivity index (χ4n) is 2.12. The highest BCUT2D eigenvalue weighted by Crippen LogP contribution is 2.34. The third-order valence-electron chi connectivity index (χ3n) is 3.45. The molecule has 2 nitrogen and oxygen atoms in total. The van der Waals surface area contributed by atoms with Gasteiger partial charge in [0.25, 0.3) is 0 Å². The van der Waals surface area contributed by atoms with Crippen molar-refractivity contribution in [2.45, 2.75) is 45.1 Å². The van der Waals surface area contributed by atoms with E-state index >= 15 is 0 Å². The lowest BCUT2D eigenvalue weighted by molar-refractivity contribution is 0.167. The van der Waals surface area contributed by atoms with E-state index in [0.717, 1.165) is 30.6 Å². The van der Waals surface area contributed by atoms with Gasteiger partial charge in [0.15, 0.2) is 0 Å². The monoisotopic (exact) mass is 220 g/mol. The van der Waals surface area contributed by atoms with Crippen molar-refractivity contribution in [2.75, 3.05) is 6.61 Å². The zero-order valence-electron chi connectivity index (χ0n) is 10.1. The van der Waals surface area contributed by atoms with Crippen molar-refractivity contribution < 1.29 is 9.84 Å². The van der Waals surface area contributed by atoms with E-state index in [4.69, 9.17) is 4.74 Å². The van der Waals surface area contributed by atoms with Gasteiger partial charge in [-0.05, 0) is 42.9 Å². The Morgan fingerprint density at radius 1 is 1.50 bits per heavy atom. The smallest absolute Gasteiger partial charge is 0.125 e. The summed E-state index contributed by atoms with van der Waals surface area (Å²) in [6.45, 7) is 5.11. The number of benzene rings is 1. The minimum absolute atomic E-state index is 0.360. The SMILES string of the molecule is CCC(C)c1ccc2c(c1)[C@@H](O)CCCO2. The molecule has 1 N–H and O–H groups in total. The summed E-state index contributed by atoms with van der Waals surface area (Å²) in [6.07, 6.45) is 2.49. The highest BCUT2D eigenvalue weighted by atomic mass is 16.5. The Morgan fingerprint density at radius 3 is 3.06 bits per heavy atom. The fourth-order valence-corrected chi connectivity index (χ4v) is 2.12. The maximum absolute atomic E-state index is 10.0. The predicted octanol–water partition coefficient (Wildman–Crippen LogP) is 3.41. The molecule has 1 aromatic rings. The summed E-state index contributed by atoms with van der Waals surface area (Å²) in [5.74, 6) is 1.40. The molecule has 0 bridgehead atoms. The van der Waals surface area contributed by atoms with Crippen LogP contribution in [0.15, 0.2) is 18.2 Å². The Bertz CT molecular complexity index is 360. The third kappa shape index (κ3) is 2.22. The van der Waals surface area contributed by atoms with E-state index in [1.807, 2.05) is 6.07 Å². The number of hydrogen-bond donors (Lipinski definition) is 1. The van der Waals surface area contributed by atoms with Gasteiger partial charge in [-0.15, -0.1) is 0 Å². The van der Waals surface area contributed by atoms with Crippen LogP contribution in [-0.2, 0) is 0 Å². The van der Waals surface area contributed by atoms with Gasteiger partial charge in [-0.1, -0.05) is 19.9 Å². The lowest BCUT2D eigenvalue weighted by atomic mass is 9.94. The Balaban J connectivity index is 2.35. The lowest BCUT2D eigenvalue weighted by Crippen LogP contribution is -2.00. The second-order valence-electron chi connectivity index (χ2n) is 4.61. The molecule has 0 saturated carbocycles. The number of ether oxygens (including phenoxy) is 1. The van der Waals surface area contributed by atoms with Gasteiger partial charge in [0.1, 0.15) is 5.75 Å². The molecule has 2 heteroatoms. The molecule has 0 saturated heterocycles. The third-order valence-corrected chi connectivity index (χ3v) is 3.45. The quantitative estimate of drug-likeness (QED) is 0.827. The fraction of sp³-hybridized carbons (Fsp3) is 0.571. The normalized spacial score (nSPS) is 21.8. The van der Waals surface area contributed by atoms with Crippen LogP contribution in [0.2, 0.25) is 0 Å². The minimum atomic E-state index is -0.360. The summed E-state index contributed by atoms with van der Waals surface area (Å²) >= 11 is 0. The second-order valence-corrected chi connectivity index (χ2v) is 4.61. The second kappa shape index (κ2) is 4.88. The van der Waals surface area contributed by atoms with Gasteiger partial charge in [-0.3, -0.25) is 0 Å². The van der Waals surface area contributed by atoms with E-state index in [1.54, 1.807) is 0 Å². The molecule has 0 amide bonds. The molecular weight excluding hydrogens is 200 g/mol. The van der Waals surface area contributed by atoms with E-state index in [2.05, 4.69) is 26.0 Å². The van der Waals surface area contributed by atoms with Crippen molar-refractivity contribution in [3.8, 4) is 5.75 Å². The van der Waals surface area contributed by atoms with Crippen LogP contribution in [-0.4, -0.2) is 11.7 Å². The lowest BCUT2D eigenvalue weighted by Gasteiger charge is -2.15. The molecule has 0 aromatic heterocycles. The van der Waals surface area contributed by atoms with Crippen LogP contribution in [0.1, 0.15) is 56.3 Å². The summed E-state index contributed by atoms with van der Waals surface area (Å²) in [4.78, 5) is 0. The first-order valence-corrected chi connectivity index (χ1v) is 6.17. The van der Waals surface area contributed by atoms with E-state index in [1.165, 1.54) is 5.56 Å². The maximum Gasteiger partial charge on any atom is 0.125 e. The Labute approximate surface area is 97.3 Å². The highest BCUT2D eigenvalue weighted by Gasteiger charge is 2.18. The first-order valence-electron chi connectivity index (χ1n) is 6.17. The average Bonchev–Trinajstić information content (AvgIpc) is 2.50. The molecule has 2 rings (SSSR count). The predicted molar refractivity (Wildman–Crippen MR) is 64.8 cm³/mol. The molecule has 2 atom stereocenters. The molecule has 1 aromatic carbocycles.